The summed E-state index contributed by atoms with van der Waals surface area (Å²) < 4.78 is 5.41. The first kappa shape index (κ1) is 18.0. The summed E-state index contributed by atoms with van der Waals surface area (Å²) in [5.41, 5.74) is 3.28. The predicted octanol–water partition coefficient (Wildman–Crippen LogP) is 2.81. The first-order chi connectivity index (χ1) is 13.2. The highest BCUT2D eigenvalue weighted by molar-refractivity contribution is 5.93. The molecule has 0 bridgehead atoms. The molecule has 5 heteroatoms. The molecular formula is C22H27N3O2. The van der Waals surface area contributed by atoms with Gasteiger partial charge >= 0.3 is 0 Å². The Morgan fingerprint density at radius 1 is 1.00 bits per heavy atom. The van der Waals surface area contributed by atoms with Gasteiger partial charge in [-0.1, -0.05) is 30.3 Å². The van der Waals surface area contributed by atoms with Crippen molar-refractivity contribution in [3.05, 3.63) is 60.2 Å². The zero-order chi connectivity index (χ0) is 18.6. The van der Waals surface area contributed by atoms with Gasteiger partial charge in [0, 0.05) is 43.5 Å². The minimum absolute atomic E-state index is 0.0312. The zero-order valence-electron chi connectivity index (χ0n) is 15.8. The van der Waals surface area contributed by atoms with Crippen molar-refractivity contribution in [2.45, 2.75) is 5.92 Å². The fourth-order valence-electron chi connectivity index (χ4n) is 4.12. The Labute approximate surface area is 160 Å². The summed E-state index contributed by atoms with van der Waals surface area (Å²) in [6.45, 7) is 5.08. The summed E-state index contributed by atoms with van der Waals surface area (Å²) in [6.07, 6.45) is 0. The third kappa shape index (κ3) is 4.15. The van der Waals surface area contributed by atoms with Gasteiger partial charge in [-0.3, -0.25) is 4.79 Å². The van der Waals surface area contributed by atoms with Crippen LogP contribution in [0.5, 0.6) is 0 Å². The number of morpholine rings is 1. The van der Waals surface area contributed by atoms with Crippen LogP contribution in [0.3, 0.4) is 0 Å². The molecule has 0 spiro atoms. The maximum atomic E-state index is 13.0. The quantitative estimate of drug-likeness (QED) is 0.905. The van der Waals surface area contributed by atoms with Gasteiger partial charge in [-0.2, -0.15) is 0 Å². The third-order valence-corrected chi connectivity index (χ3v) is 5.58. The second-order valence-electron chi connectivity index (χ2n) is 7.48. The first-order valence-electron chi connectivity index (χ1n) is 9.68. The van der Waals surface area contributed by atoms with E-state index in [4.69, 9.17) is 4.74 Å². The summed E-state index contributed by atoms with van der Waals surface area (Å²) in [7, 11) is 2.08. The number of nitrogens with one attached hydrogen (secondary N) is 1. The van der Waals surface area contributed by atoms with Gasteiger partial charge in [0.1, 0.15) is 0 Å². The van der Waals surface area contributed by atoms with Crippen LogP contribution in [0.25, 0.3) is 0 Å². The lowest BCUT2D eigenvalue weighted by molar-refractivity contribution is -0.119. The summed E-state index contributed by atoms with van der Waals surface area (Å²) in [5, 5.41) is 3.13. The Bertz CT molecular complexity index is 757. The van der Waals surface area contributed by atoms with Gasteiger partial charge in [-0.05, 0) is 36.9 Å². The van der Waals surface area contributed by atoms with Crippen molar-refractivity contribution in [3.63, 3.8) is 0 Å². The molecule has 2 fully saturated rings. The molecule has 0 unspecified atom stereocenters. The molecule has 2 aromatic rings. The van der Waals surface area contributed by atoms with Gasteiger partial charge in [0.2, 0.25) is 5.91 Å². The Hall–Kier alpha value is -2.37. The van der Waals surface area contributed by atoms with Crippen LogP contribution in [0.4, 0.5) is 11.4 Å². The predicted molar refractivity (Wildman–Crippen MR) is 108 cm³/mol. The molecule has 5 nitrogen and oxygen atoms in total. The minimum Gasteiger partial charge on any atom is -0.378 e. The maximum Gasteiger partial charge on any atom is 0.229 e. The number of likely N-dealkylation sites (tertiary alicyclic amines) is 1. The van der Waals surface area contributed by atoms with Crippen LogP contribution in [0, 0.1) is 5.92 Å². The van der Waals surface area contributed by atoms with Gasteiger partial charge in [-0.25, -0.2) is 0 Å². The van der Waals surface area contributed by atoms with E-state index < -0.39 is 0 Å². The molecule has 2 aromatic carbocycles. The summed E-state index contributed by atoms with van der Waals surface area (Å²) >= 11 is 0. The van der Waals surface area contributed by atoms with E-state index in [1.54, 1.807) is 0 Å². The number of rotatable bonds is 4. The molecule has 4 rings (SSSR count). The fraction of sp³-hybridized carbons (Fsp3) is 0.409. The van der Waals surface area contributed by atoms with Crippen LogP contribution < -0.4 is 10.2 Å². The fourth-order valence-corrected chi connectivity index (χ4v) is 4.12. The topological polar surface area (TPSA) is 44.8 Å². The van der Waals surface area contributed by atoms with Gasteiger partial charge in [0.25, 0.3) is 0 Å². The molecule has 0 aliphatic carbocycles. The highest BCUT2D eigenvalue weighted by Gasteiger charge is 2.36. The molecule has 2 heterocycles. The number of hydrogen-bond donors (Lipinski definition) is 1. The van der Waals surface area contributed by atoms with Gasteiger partial charge in [-0.15, -0.1) is 0 Å². The van der Waals surface area contributed by atoms with Gasteiger partial charge in [0.05, 0.1) is 19.1 Å². The van der Waals surface area contributed by atoms with Crippen molar-refractivity contribution in [3.8, 4) is 0 Å². The molecule has 1 N–H and O–H groups in total. The molecule has 1 amide bonds. The van der Waals surface area contributed by atoms with E-state index in [-0.39, 0.29) is 17.7 Å². The van der Waals surface area contributed by atoms with Crippen molar-refractivity contribution in [1.29, 1.82) is 0 Å². The molecular weight excluding hydrogens is 338 g/mol. The Kier molecular flexibility index (Phi) is 5.41. The van der Waals surface area contributed by atoms with Crippen LogP contribution >= 0.6 is 0 Å². The van der Waals surface area contributed by atoms with Crippen LogP contribution in [0.15, 0.2) is 54.6 Å². The highest BCUT2D eigenvalue weighted by Crippen LogP contribution is 2.33. The number of carbonyl (C=O) groups excluding carboxylic acids is 1. The smallest absolute Gasteiger partial charge is 0.229 e. The molecule has 2 aliphatic rings. The van der Waals surface area contributed by atoms with Crippen molar-refractivity contribution in [1.82, 2.24) is 4.90 Å². The van der Waals surface area contributed by atoms with E-state index in [2.05, 4.69) is 46.4 Å². The molecule has 0 aromatic heterocycles. The van der Waals surface area contributed by atoms with Crippen molar-refractivity contribution in [2.24, 2.45) is 5.92 Å². The second kappa shape index (κ2) is 8.11. The van der Waals surface area contributed by atoms with E-state index in [1.807, 2.05) is 30.3 Å². The van der Waals surface area contributed by atoms with Crippen LogP contribution in [-0.4, -0.2) is 57.2 Å². The van der Waals surface area contributed by atoms with Crippen LogP contribution in [0.2, 0.25) is 0 Å². The number of benzene rings is 2. The SMILES string of the molecule is CN1C[C@H](C(=O)Nc2ccc(N3CCOCC3)cc2)[C@@H](c2ccccc2)C1. The molecule has 2 saturated heterocycles. The highest BCUT2D eigenvalue weighted by atomic mass is 16.5. The monoisotopic (exact) mass is 365 g/mol. The van der Waals surface area contributed by atoms with Crippen LogP contribution in [0.1, 0.15) is 11.5 Å². The van der Waals surface area contributed by atoms with Gasteiger partial charge in [0.15, 0.2) is 0 Å². The Balaban J connectivity index is 1.43. The van der Waals surface area contributed by atoms with Gasteiger partial charge < -0.3 is 19.9 Å². The Morgan fingerprint density at radius 2 is 1.70 bits per heavy atom. The molecule has 142 valence electrons. The van der Waals surface area contributed by atoms with E-state index in [1.165, 1.54) is 11.3 Å². The second-order valence-corrected chi connectivity index (χ2v) is 7.48. The van der Waals surface area contributed by atoms with E-state index >= 15 is 0 Å². The average molecular weight is 365 g/mol. The average Bonchev–Trinajstić information content (AvgIpc) is 3.12. The maximum absolute atomic E-state index is 13.0. The number of likely N-dealkylation sites (N-methyl/N-ethyl adjacent to an activating group) is 1. The molecule has 2 aliphatic heterocycles. The molecule has 2 atom stereocenters. The third-order valence-electron chi connectivity index (χ3n) is 5.58. The van der Waals surface area contributed by atoms with Crippen molar-refractivity contribution in [2.75, 3.05) is 56.7 Å². The summed E-state index contributed by atoms with van der Waals surface area (Å²) in [5.74, 6) is 0.312. The standard InChI is InChI=1S/C22H27N3O2/c1-24-15-20(17-5-3-2-4-6-17)21(16-24)22(26)23-18-7-9-19(10-8-18)25-11-13-27-14-12-25/h2-10,20-21H,11-16H2,1H3,(H,23,26)/t20-,21+/m1/s1. The first-order valence-corrected chi connectivity index (χ1v) is 9.68. The summed E-state index contributed by atoms with van der Waals surface area (Å²) in [6, 6.07) is 18.5. The normalized spacial score (nSPS) is 23.4. The number of hydrogen-bond acceptors (Lipinski definition) is 4. The number of amides is 1. The molecule has 27 heavy (non-hydrogen) atoms. The minimum atomic E-state index is -0.0312. The number of carbonyl (C=O) groups is 1. The van der Waals surface area contributed by atoms with Crippen molar-refractivity contribution < 1.29 is 9.53 Å². The van der Waals surface area contributed by atoms with E-state index in [0.717, 1.165) is 45.1 Å². The van der Waals surface area contributed by atoms with E-state index in [0.29, 0.717) is 0 Å². The van der Waals surface area contributed by atoms with Crippen molar-refractivity contribution >= 4 is 17.3 Å². The lowest BCUT2D eigenvalue weighted by Crippen LogP contribution is -2.36. The Morgan fingerprint density at radius 3 is 2.41 bits per heavy atom. The van der Waals surface area contributed by atoms with E-state index in [9.17, 15) is 4.79 Å². The summed E-state index contributed by atoms with van der Waals surface area (Å²) in [4.78, 5) is 17.5. The number of anilines is 2. The number of nitrogens with zero attached hydrogens (tertiary/aromatic N) is 2. The van der Waals surface area contributed by atoms with Crippen LogP contribution in [-0.2, 0) is 9.53 Å². The largest absolute Gasteiger partial charge is 0.378 e. The molecule has 0 saturated carbocycles. The lowest BCUT2D eigenvalue weighted by atomic mass is 9.88. The lowest BCUT2D eigenvalue weighted by Gasteiger charge is -2.29. The molecule has 0 radical (unpaired) electrons. The number of ether oxygens (including phenoxy) is 1. The zero-order valence-corrected chi connectivity index (χ0v) is 15.8.